The van der Waals surface area contributed by atoms with Gasteiger partial charge in [0.25, 0.3) is 0 Å². The number of nitrogens with zero attached hydrogens (tertiary/aromatic N) is 2. The molecule has 2 aromatic carbocycles. The van der Waals surface area contributed by atoms with Crippen LogP contribution in [0, 0.1) is 0 Å². The molecule has 2 amide bonds. The predicted octanol–water partition coefficient (Wildman–Crippen LogP) is 5.03. The number of ether oxygens (including phenoxy) is 2. The zero-order valence-corrected chi connectivity index (χ0v) is 21.1. The molecule has 8 nitrogen and oxygen atoms in total. The van der Waals surface area contributed by atoms with E-state index >= 15 is 0 Å². The van der Waals surface area contributed by atoms with E-state index in [1.165, 1.54) is 0 Å². The Morgan fingerprint density at radius 2 is 0.941 bits per heavy atom. The lowest BCUT2D eigenvalue weighted by atomic mass is 10.2. The number of carbonyl (C=O) groups is 2. The summed E-state index contributed by atoms with van der Waals surface area (Å²) in [6, 6.07) is 14.6. The second kappa shape index (κ2) is 11.1. The van der Waals surface area contributed by atoms with Crippen molar-refractivity contribution in [3.8, 4) is 0 Å². The van der Waals surface area contributed by atoms with Crippen LogP contribution in [0.25, 0.3) is 0 Å². The van der Waals surface area contributed by atoms with Gasteiger partial charge in [0.1, 0.15) is 11.2 Å². The van der Waals surface area contributed by atoms with Crippen LogP contribution in [0.3, 0.4) is 0 Å². The van der Waals surface area contributed by atoms with Gasteiger partial charge in [-0.3, -0.25) is 0 Å². The van der Waals surface area contributed by atoms with Gasteiger partial charge in [-0.1, -0.05) is 24.3 Å². The highest BCUT2D eigenvalue weighted by Gasteiger charge is 2.26. The molecule has 8 heteroatoms. The minimum atomic E-state index is -0.648. The first-order valence-electron chi connectivity index (χ1n) is 11.4. The van der Waals surface area contributed by atoms with Crippen LogP contribution >= 0.6 is 0 Å². The van der Waals surface area contributed by atoms with Crippen LogP contribution in [0.15, 0.2) is 48.5 Å². The average Bonchev–Trinajstić information content (AvgIpc) is 2.70. The van der Waals surface area contributed by atoms with E-state index in [1.807, 2.05) is 65.8 Å². The molecule has 0 saturated carbocycles. The number of amides is 2. The second-order valence-electron chi connectivity index (χ2n) is 10.3. The molecule has 0 spiro atoms. The van der Waals surface area contributed by atoms with Crippen molar-refractivity contribution in [3.63, 3.8) is 0 Å². The van der Waals surface area contributed by atoms with Crippen LogP contribution in [0.2, 0.25) is 0 Å². The van der Waals surface area contributed by atoms with Gasteiger partial charge < -0.3 is 30.7 Å². The molecule has 2 rings (SSSR count). The first-order chi connectivity index (χ1) is 15.7. The smallest absolute Gasteiger partial charge is 0.410 e. The first-order valence-corrected chi connectivity index (χ1v) is 11.4. The fourth-order valence-corrected chi connectivity index (χ4v) is 3.05. The minimum Gasteiger partial charge on any atom is -0.444 e. The summed E-state index contributed by atoms with van der Waals surface area (Å²) >= 11 is 0. The van der Waals surface area contributed by atoms with Crippen LogP contribution in [0.1, 0.15) is 52.7 Å². The molecule has 0 aliphatic heterocycles. The Hall–Kier alpha value is -3.42. The highest BCUT2D eigenvalue weighted by molar-refractivity contribution is 5.69. The van der Waals surface area contributed by atoms with Gasteiger partial charge in [-0.2, -0.15) is 0 Å². The first kappa shape index (κ1) is 26.8. The highest BCUT2D eigenvalue weighted by Crippen LogP contribution is 2.17. The van der Waals surface area contributed by atoms with Crippen molar-refractivity contribution in [3.05, 3.63) is 59.7 Å². The number of carbonyl (C=O) groups excluding carboxylic acids is 2. The summed E-state index contributed by atoms with van der Waals surface area (Å²) in [5, 5.41) is 0. The zero-order chi connectivity index (χ0) is 25.5. The molecule has 186 valence electrons. The second-order valence-corrected chi connectivity index (χ2v) is 10.3. The normalized spacial score (nSPS) is 11.6. The Labute approximate surface area is 202 Å². The molecule has 0 heterocycles. The summed E-state index contributed by atoms with van der Waals surface area (Å²) in [5.74, 6) is 0. The summed E-state index contributed by atoms with van der Waals surface area (Å²) < 4.78 is 11.2. The van der Waals surface area contributed by atoms with Gasteiger partial charge in [0.2, 0.25) is 0 Å². The standard InChI is InChI=1S/C26H38N4O4/c1-25(2,3)33-23(31)29(17-19-7-11-21(27)12-8-19)15-16-30(24(32)34-26(4,5)6)18-20-9-13-22(28)14-10-20/h7-14H,15-18,27-28H2,1-6H3. The zero-order valence-electron chi connectivity index (χ0n) is 21.1. The van der Waals surface area contributed by atoms with Gasteiger partial charge in [-0.05, 0) is 76.9 Å². The van der Waals surface area contributed by atoms with Gasteiger partial charge in [0.15, 0.2) is 0 Å². The molecule has 0 radical (unpaired) electrons. The van der Waals surface area contributed by atoms with E-state index in [0.717, 1.165) is 11.1 Å². The predicted molar refractivity (Wildman–Crippen MR) is 135 cm³/mol. The van der Waals surface area contributed by atoms with Crippen LogP contribution in [0.4, 0.5) is 21.0 Å². The molecule has 0 aliphatic rings. The van der Waals surface area contributed by atoms with Gasteiger partial charge in [0, 0.05) is 37.6 Å². The maximum Gasteiger partial charge on any atom is 0.410 e. The van der Waals surface area contributed by atoms with Crippen molar-refractivity contribution in [2.75, 3.05) is 24.6 Å². The number of nitrogen functional groups attached to an aromatic ring is 2. The molecule has 4 N–H and O–H groups in total. The molecular weight excluding hydrogens is 432 g/mol. The molecule has 0 aliphatic carbocycles. The monoisotopic (exact) mass is 470 g/mol. The lowest BCUT2D eigenvalue weighted by Gasteiger charge is -2.31. The summed E-state index contributed by atoms with van der Waals surface area (Å²) in [4.78, 5) is 29.1. The van der Waals surface area contributed by atoms with Crippen molar-refractivity contribution in [1.29, 1.82) is 0 Å². The Morgan fingerprint density at radius 1 is 0.647 bits per heavy atom. The topological polar surface area (TPSA) is 111 Å². The lowest BCUT2D eigenvalue weighted by Crippen LogP contribution is -2.44. The SMILES string of the molecule is CC(C)(C)OC(=O)N(CCN(Cc1ccc(N)cc1)C(=O)OC(C)(C)C)Cc1ccc(N)cc1. The van der Waals surface area contributed by atoms with Crippen LogP contribution in [-0.2, 0) is 22.6 Å². The Kier molecular flexibility index (Phi) is 8.79. The van der Waals surface area contributed by atoms with Crippen molar-refractivity contribution < 1.29 is 19.1 Å². The molecule has 0 bridgehead atoms. The number of rotatable bonds is 7. The maximum atomic E-state index is 13.0. The van der Waals surface area contributed by atoms with Gasteiger partial charge in [-0.25, -0.2) is 9.59 Å². The minimum absolute atomic E-state index is 0.257. The summed E-state index contributed by atoms with van der Waals surface area (Å²) in [6.45, 7) is 12.1. The molecular formula is C26H38N4O4. The van der Waals surface area contributed by atoms with E-state index in [2.05, 4.69) is 0 Å². The highest BCUT2D eigenvalue weighted by atomic mass is 16.6. The van der Waals surface area contributed by atoms with E-state index < -0.39 is 23.4 Å². The average molecular weight is 471 g/mol. The largest absolute Gasteiger partial charge is 0.444 e. The van der Waals surface area contributed by atoms with Crippen LogP contribution in [-0.4, -0.2) is 46.3 Å². The molecule has 0 atom stereocenters. The van der Waals surface area contributed by atoms with Crippen molar-refractivity contribution >= 4 is 23.6 Å². The third-order valence-electron chi connectivity index (χ3n) is 4.65. The molecule has 0 unspecified atom stereocenters. The number of anilines is 2. The van der Waals surface area contributed by atoms with E-state index in [1.54, 1.807) is 34.1 Å². The quantitative estimate of drug-likeness (QED) is 0.549. The maximum absolute atomic E-state index is 13.0. The number of hydrogen-bond acceptors (Lipinski definition) is 6. The molecule has 2 aromatic rings. The van der Waals surface area contributed by atoms with Crippen molar-refractivity contribution in [1.82, 2.24) is 9.80 Å². The third-order valence-corrected chi connectivity index (χ3v) is 4.65. The van der Waals surface area contributed by atoms with E-state index in [0.29, 0.717) is 24.5 Å². The summed E-state index contributed by atoms with van der Waals surface area (Å²) in [7, 11) is 0. The fourth-order valence-electron chi connectivity index (χ4n) is 3.05. The Bertz CT molecular complexity index is 865. The lowest BCUT2D eigenvalue weighted by molar-refractivity contribution is 0.0113. The van der Waals surface area contributed by atoms with Crippen molar-refractivity contribution in [2.24, 2.45) is 0 Å². The summed E-state index contributed by atoms with van der Waals surface area (Å²) in [6.07, 6.45) is -0.915. The van der Waals surface area contributed by atoms with E-state index in [9.17, 15) is 9.59 Å². The molecule has 0 fully saturated rings. The van der Waals surface area contributed by atoms with Gasteiger partial charge >= 0.3 is 12.2 Å². The Balaban J connectivity index is 2.22. The molecule has 0 saturated heterocycles. The number of nitrogens with two attached hydrogens (primary N) is 2. The Morgan fingerprint density at radius 3 is 1.21 bits per heavy atom. The van der Waals surface area contributed by atoms with Gasteiger partial charge in [-0.15, -0.1) is 0 Å². The van der Waals surface area contributed by atoms with Gasteiger partial charge in [0.05, 0.1) is 0 Å². The summed E-state index contributed by atoms with van der Waals surface area (Å²) in [5.41, 5.74) is 13.4. The molecule has 34 heavy (non-hydrogen) atoms. The number of benzene rings is 2. The van der Waals surface area contributed by atoms with E-state index in [-0.39, 0.29) is 13.1 Å². The number of hydrogen-bond donors (Lipinski definition) is 2. The fraction of sp³-hybridized carbons (Fsp3) is 0.462. The van der Waals surface area contributed by atoms with Crippen LogP contribution in [0.5, 0.6) is 0 Å². The van der Waals surface area contributed by atoms with Crippen LogP contribution < -0.4 is 11.5 Å². The van der Waals surface area contributed by atoms with Crippen molar-refractivity contribution in [2.45, 2.75) is 65.8 Å². The molecule has 0 aromatic heterocycles. The third kappa shape index (κ3) is 9.60. The van der Waals surface area contributed by atoms with E-state index in [4.69, 9.17) is 20.9 Å².